The van der Waals surface area contributed by atoms with Crippen LogP contribution < -0.4 is 5.32 Å². The molecule has 0 saturated carbocycles. The average molecular weight is 410 g/mol. The van der Waals surface area contributed by atoms with Gasteiger partial charge in [-0.25, -0.2) is 16.8 Å². The number of hydrogen-bond donors (Lipinski definition) is 1. The Morgan fingerprint density at radius 2 is 1.63 bits per heavy atom. The third-order valence-corrected chi connectivity index (χ3v) is 6.98. The van der Waals surface area contributed by atoms with Gasteiger partial charge in [-0.1, -0.05) is 12.1 Å². The maximum Gasteiger partial charge on any atom is 0.255 e. The Morgan fingerprint density at radius 3 is 2.26 bits per heavy atom. The molecule has 2 aromatic carbocycles. The van der Waals surface area contributed by atoms with Gasteiger partial charge >= 0.3 is 0 Å². The standard InChI is InChI=1S/C19H23NO5S2/c1-14-8-9-17(12-15(14)2)20-19(21)16-6-4-7-18(13-16)27(24,25)11-5-10-26(3,22)23/h4,6-9,12-13H,5,10-11H2,1-3H3,(H,20,21). The Hall–Kier alpha value is -2.19. The molecule has 0 aliphatic heterocycles. The second kappa shape index (κ2) is 8.22. The summed E-state index contributed by atoms with van der Waals surface area (Å²) in [5.74, 6) is -0.895. The van der Waals surface area contributed by atoms with Crippen molar-refractivity contribution in [1.29, 1.82) is 0 Å². The summed E-state index contributed by atoms with van der Waals surface area (Å²) < 4.78 is 47.1. The fourth-order valence-electron chi connectivity index (χ4n) is 2.48. The Bertz CT molecular complexity index is 1060. The van der Waals surface area contributed by atoms with Gasteiger partial charge in [-0.05, 0) is 61.7 Å². The minimum absolute atomic E-state index is 0.00346. The van der Waals surface area contributed by atoms with Crippen LogP contribution in [0.25, 0.3) is 0 Å². The van der Waals surface area contributed by atoms with E-state index in [4.69, 9.17) is 0 Å². The van der Waals surface area contributed by atoms with E-state index in [-0.39, 0.29) is 28.4 Å². The zero-order chi connectivity index (χ0) is 20.2. The summed E-state index contributed by atoms with van der Waals surface area (Å²) in [6, 6.07) is 11.3. The van der Waals surface area contributed by atoms with Crippen molar-refractivity contribution in [1.82, 2.24) is 0 Å². The van der Waals surface area contributed by atoms with Gasteiger partial charge in [-0.2, -0.15) is 0 Å². The van der Waals surface area contributed by atoms with Crippen LogP contribution in [-0.2, 0) is 19.7 Å². The summed E-state index contributed by atoms with van der Waals surface area (Å²) >= 11 is 0. The SMILES string of the molecule is Cc1ccc(NC(=O)c2cccc(S(=O)(=O)CCCS(C)(=O)=O)c2)cc1C. The van der Waals surface area contributed by atoms with Crippen molar-refractivity contribution in [3.05, 3.63) is 59.2 Å². The Balaban J connectivity index is 2.15. The molecule has 2 rings (SSSR count). The predicted octanol–water partition coefficient (Wildman–Crippen LogP) is 2.76. The van der Waals surface area contributed by atoms with Gasteiger partial charge in [0, 0.05) is 17.5 Å². The second-order valence-electron chi connectivity index (χ2n) is 6.58. The first kappa shape index (κ1) is 21.1. The lowest BCUT2D eigenvalue weighted by atomic mass is 10.1. The van der Waals surface area contributed by atoms with E-state index in [9.17, 15) is 21.6 Å². The zero-order valence-corrected chi connectivity index (χ0v) is 17.2. The number of carbonyl (C=O) groups is 1. The molecule has 0 bridgehead atoms. The van der Waals surface area contributed by atoms with Crippen LogP contribution in [0.4, 0.5) is 5.69 Å². The molecular weight excluding hydrogens is 386 g/mol. The average Bonchev–Trinajstić information content (AvgIpc) is 2.57. The summed E-state index contributed by atoms with van der Waals surface area (Å²) in [4.78, 5) is 12.5. The second-order valence-corrected chi connectivity index (χ2v) is 11.0. The number of aryl methyl sites for hydroxylation is 2. The lowest BCUT2D eigenvalue weighted by Crippen LogP contribution is -2.15. The number of nitrogens with one attached hydrogen (secondary N) is 1. The van der Waals surface area contributed by atoms with Gasteiger partial charge in [0.2, 0.25) is 0 Å². The maximum atomic E-state index is 12.4. The van der Waals surface area contributed by atoms with Crippen LogP contribution in [0.3, 0.4) is 0 Å². The number of benzene rings is 2. The van der Waals surface area contributed by atoms with Crippen LogP contribution in [0.15, 0.2) is 47.4 Å². The Kier molecular flexibility index (Phi) is 6.43. The number of amides is 1. The van der Waals surface area contributed by atoms with E-state index in [1.165, 1.54) is 24.3 Å². The highest BCUT2D eigenvalue weighted by Gasteiger charge is 2.17. The van der Waals surface area contributed by atoms with Gasteiger partial charge in [0.15, 0.2) is 9.84 Å². The van der Waals surface area contributed by atoms with E-state index in [2.05, 4.69) is 5.32 Å². The first-order valence-corrected chi connectivity index (χ1v) is 12.1. The molecule has 1 N–H and O–H groups in total. The molecule has 0 aliphatic rings. The normalized spacial score (nSPS) is 12.0. The Labute approximate surface area is 160 Å². The van der Waals surface area contributed by atoms with Gasteiger partial charge < -0.3 is 5.32 Å². The molecule has 6 nitrogen and oxygen atoms in total. The van der Waals surface area contributed by atoms with E-state index in [1.807, 2.05) is 26.0 Å². The molecule has 0 spiro atoms. The number of anilines is 1. The lowest BCUT2D eigenvalue weighted by Gasteiger charge is -2.09. The molecule has 2 aromatic rings. The molecule has 0 fully saturated rings. The maximum absolute atomic E-state index is 12.4. The van der Waals surface area contributed by atoms with Gasteiger partial charge in [0.05, 0.1) is 16.4 Å². The van der Waals surface area contributed by atoms with Crippen LogP contribution >= 0.6 is 0 Å². The summed E-state index contributed by atoms with van der Waals surface area (Å²) in [5, 5.41) is 2.75. The quantitative estimate of drug-likeness (QED) is 0.758. The van der Waals surface area contributed by atoms with Crippen molar-refractivity contribution in [2.75, 3.05) is 23.1 Å². The van der Waals surface area contributed by atoms with E-state index in [1.54, 1.807) is 6.07 Å². The molecule has 0 unspecified atom stereocenters. The molecule has 0 aromatic heterocycles. The van der Waals surface area contributed by atoms with Crippen LogP contribution in [-0.4, -0.2) is 40.5 Å². The minimum Gasteiger partial charge on any atom is -0.322 e. The fourth-order valence-corrected chi connectivity index (χ4v) is 4.69. The van der Waals surface area contributed by atoms with Gasteiger partial charge in [0.25, 0.3) is 5.91 Å². The van der Waals surface area contributed by atoms with Crippen molar-refractivity contribution in [2.45, 2.75) is 25.2 Å². The van der Waals surface area contributed by atoms with E-state index >= 15 is 0 Å². The fraction of sp³-hybridized carbons (Fsp3) is 0.316. The monoisotopic (exact) mass is 409 g/mol. The lowest BCUT2D eigenvalue weighted by molar-refractivity contribution is 0.102. The largest absolute Gasteiger partial charge is 0.322 e. The van der Waals surface area contributed by atoms with Crippen molar-refractivity contribution in [2.24, 2.45) is 0 Å². The molecule has 8 heteroatoms. The van der Waals surface area contributed by atoms with E-state index in [0.717, 1.165) is 17.4 Å². The highest BCUT2D eigenvalue weighted by molar-refractivity contribution is 7.92. The predicted molar refractivity (Wildman–Crippen MR) is 107 cm³/mol. The third kappa shape index (κ3) is 6.18. The highest BCUT2D eigenvalue weighted by Crippen LogP contribution is 2.18. The van der Waals surface area contributed by atoms with Crippen molar-refractivity contribution >= 4 is 31.3 Å². The molecule has 0 heterocycles. The molecule has 0 atom stereocenters. The molecule has 0 radical (unpaired) electrons. The van der Waals surface area contributed by atoms with Crippen molar-refractivity contribution in [3.63, 3.8) is 0 Å². The van der Waals surface area contributed by atoms with Gasteiger partial charge in [-0.3, -0.25) is 4.79 Å². The summed E-state index contributed by atoms with van der Waals surface area (Å²) in [6.07, 6.45) is 1.08. The van der Waals surface area contributed by atoms with E-state index in [0.29, 0.717) is 5.69 Å². The molecule has 0 aliphatic carbocycles. The highest BCUT2D eigenvalue weighted by atomic mass is 32.2. The topological polar surface area (TPSA) is 97.4 Å². The molecule has 1 amide bonds. The van der Waals surface area contributed by atoms with Crippen LogP contribution in [0, 0.1) is 13.8 Å². The molecule has 0 saturated heterocycles. The number of hydrogen-bond acceptors (Lipinski definition) is 5. The van der Waals surface area contributed by atoms with Crippen LogP contribution in [0.5, 0.6) is 0 Å². The number of rotatable bonds is 7. The minimum atomic E-state index is -3.67. The first-order chi connectivity index (χ1) is 12.5. The van der Waals surface area contributed by atoms with Crippen LogP contribution in [0.2, 0.25) is 0 Å². The first-order valence-electron chi connectivity index (χ1n) is 8.37. The number of sulfone groups is 2. The van der Waals surface area contributed by atoms with Crippen molar-refractivity contribution < 1.29 is 21.6 Å². The summed E-state index contributed by atoms with van der Waals surface area (Å²) in [6.45, 7) is 3.91. The number of carbonyl (C=O) groups excluding carboxylic acids is 1. The Morgan fingerprint density at radius 1 is 0.926 bits per heavy atom. The third-order valence-electron chi connectivity index (χ3n) is 4.15. The zero-order valence-electron chi connectivity index (χ0n) is 15.5. The van der Waals surface area contributed by atoms with Crippen LogP contribution in [0.1, 0.15) is 27.9 Å². The van der Waals surface area contributed by atoms with Gasteiger partial charge in [0.1, 0.15) is 9.84 Å². The molecule has 146 valence electrons. The molecule has 27 heavy (non-hydrogen) atoms. The van der Waals surface area contributed by atoms with Crippen molar-refractivity contribution in [3.8, 4) is 0 Å². The molecular formula is C19H23NO5S2. The summed E-state index contributed by atoms with van der Waals surface area (Å²) in [5.41, 5.74) is 2.99. The smallest absolute Gasteiger partial charge is 0.255 e. The summed E-state index contributed by atoms with van der Waals surface area (Å²) in [7, 11) is -6.89. The van der Waals surface area contributed by atoms with E-state index < -0.39 is 25.6 Å². The van der Waals surface area contributed by atoms with Gasteiger partial charge in [-0.15, -0.1) is 0 Å².